The Morgan fingerprint density at radius 3 is 2.83 bits per heavy atom. The van der Waals surface area contributed by atoms with Gasteiger partial charge in [-0.25, -0.2) is 4.79 Å². The molecule has 96 valence electrons. The molecule has 0 fully saturated rings. The lowest BCUT2D eigenvalue weighted by Crippen LogP contribution is -2.11. The molecular formula is C9H7ClFN3O4. The number of carbonyl (C=O) groups excluding carboxylic acids is 1. The Morgan fingerprint density at radius 2 is 2.28 bits per heavy atom. The molecule has 0 atom stereocenters. The Hall–Kier alpha value is -2.22. The number of nitrogens with zero attached hydrogens (tertiary/aromatic N) is 2. The molecule has 0 aromatic heterocycles. The number of nitro benzene ring substituents is 1. The topological polar surface area (TPSA) is 93.8 Å². The van der Waals surface area contributed by atoms with Crippen LogP contribution in [0, 0.1) is 15.9 Å². The number of rotatable bonds is 3. The van der Waals surface area contributed by atoms with Crippen LogP contribution in [0.25, 0.3) is 0 Å². The highest BCUT2D eigenvalue weighted by atomic mass is 35.5. The first-order valence-electron chi connectivity index (χ1n) is 4.52. The second-order valence-corrected chi connectivity index (χ2v) is 3.56. The first-order chi connectivity index (χ1) is 8.40. The molecule has 1 rings (SSSR count). The van der Waals surface area contributed by atoms with E-state index in [2.05, 4.69) is 15.3 Å². The Balaban J connectivity index is 2.80. The van der Waals surface area contributed by atoms with Gasteiger partial charge >= 0.3 is 11.8 Å². The minimum absolute atomic E-state index is 0.00414. The summed E-state index contributed by atoms with van der Waals surface area (Å²) >= 11 is 5.32. The summed E-state index contributed by atoms with van der Waals surface area (Å²) in [5, 5.41) is 15.7. The molecule has 0 spiro atoms. The van der Waals surface area contributed by atoms with Crippen LogP contribution in [-0.4, -0.2) is 16.2 Å². The zero-order valence-corrected chi connectivity index (χ0v) is 9.77. The van der Waals surface area contributed by atoms with Crippen LogP contribution in [0.2, 0.25) is 0 Å². The van der Waals surface area contributed by atoms with E-state index in [4.69, 9.17) is 11.6 Å². The molecule has 0 aliphatic rings. The lowest BCUT2D eigenvalue weighted by Gasteiger charge is -2.02. The molecule has 9 heteroatoms. The van der Waals surface area contributed by atoms with Gasteiger partial charge in [0, 0.05) is 6.07 Å². The molecule has 1 N–H and O–H groups in total. The van der Waals surface area contributed by atoms with E-state index in [0.29, 0.717) is 0 Å². The molecule has 0 radical (unpaired) electrons. The molecule has 0 bridgehead atoms. The second kappa shape index (κ2) is 5.92. The van der Waals surface area contributed by atoms with Gasteiger partial charge in [-0.3, -0.25) is 20.3 Å². The monoisotopic (exact) mass is 275 g/mol. The summed E-state index contributed by atoms with van der Waals surface area (Å²) in [7, 11) is 0. The SMILES string of the molecule is C/C(Cl)=N\OC(=O)Nc1ccc(F)c([N+](=O)[O-])c1. The normalized spacial score (nSPS) is 10.9. The minimum Gasteiger partial charge on any atom is -0.297 e. The third kappa shape index (κ3) is 3.98. The molecule has 0 saturated carbocycles. The molecule has 0 saturated heterocycles. The van der Waals surface area contributed by atoms with Crippen molar-refractivity contribution in [1.82, 2.24) is 0 Å². The van der Waals surface area contributed by atoms with Crippen LogP contribution < -0.4 is 5.32 Å². The van der Waals surface area contributed by atoms with Crippen molar-refractivity contribution in [3.63, 3.8) is 0 Å². The summed E-state index contributed by atoms with van der Waals surface area (Å²) in [6.07, 6.45) is -1.00. The van der Waals surface area contributed by atoms with E-state index < -0.39 is 22.5 Å². The van der Waals surface area contributed by atoms with Crippen molar-refractivity contribution < 1.29 is 18.9 Å². The van der Waals surface area contributed by atoms with E-state index in [1.54, 1.807) is 0 Å². The molecule has 0 unspecified atom stereocenters. The van der Waals surface area contributed by atoms with Crippen molar-refractivity contribution in [2.45, 2.75) is 6.92 Å². The molecule has 0 heterocycles. The number of amides is 1. The predicted molar refractivity (Wildman–Crippen MR) is 62.1 cm³/mol. The number of halogens is 2. The number of oxime groups is 1. The van der Waals surface area contributed by atoms with Gasteiger partial charge in [0.2, 0.25) is 5.82 Å². The highest BCUT2D eigenvalue weighted by Crippen LogP contribution is 2.21. The number of hydrogen-bond donors (Lipinski definition) is 1. The van der Waals surface area contributed by atoms with Gasteiger partial charge in [0.25, 0.3) is 0 Å². The molecule has 0 aliphatic carbocycles. The molecule has 1 amide bonds. The first kappa shape index (κ1) is 13.8. The van der Waals surface area contributed by atoms with Gasteiger partial charge in [-0.05, 0) is 19.1 Å². The number of carbonyl (C=O) groups is 1. The molecule has 0 aliphatic heterocycles. The average molecular weight is 276 g/mol. The van der Waals surface area contributed by atoms with Crippen LogP contribution in [0.1, 0.15) is 6.92 Å². The van der Waals surface area contributed by atoms with Crippen LogP contribution in [0.5, 0.6) is 0 Å². The van der Waals surface area contributed by atoms with Crippen LogP contribution in [0.3, 0.4) is 0 Å². The smallest absolute Gasteiger partial charge is 0.297 e. The van der Waals surface area contributed by atoms with Gasteiger partial charge in [-0.15, -0.1) is 0 Å². The Kier molecular flexibility index (Phi) is 4.55. The van der Waals surface area contributed by atoms with E-state index in [-0.39, 0.29) is 10.9 Å². The number of nitro groups is 1. The summed E-state index contributed by atoms with van der Waals surface area (Å²) in [6.45, 7) is 1.39. The van der Waals surface area contributed by atoms with E-state index in [1.807, 2.05) is 0 Å². The molecular weight excluding hydrogens is 269 g/mol. The number of hydrogen-bond acceptors (Lipinski definition) is 5. The summed E-state index contributed by atoms with van der Waals surface area (Å²) < 4.78 is 13.0. The van der Waals surface area contributed by atoms with Crippen molar-refractivity contribution in [3.05, 3.63) is 34.1 Å². The number of benzene rings is 1. The van der Waals surface area contributed by atoms with Crippen molar-refractivity contribution in [3.8, 4) is 0 Å². The zero-order chi connectivity index (χ0) is 13.7. The summed E-state index contributed by atoms with van der Waals surface area (Å²) in [5.74, 6) is -1.01. The number of anilines is 1. The lowest BCUT2D eigenvalue weighted by atomic mass is 10.2. The quantitative estimate of drug-likeness (QED) is 0.397. The third-order valence-electron chi connectivity index (χ3n) is 1.64. The predicted octanol–water partition coefficient (Wildman–Crippen LogP) is 2.85. The lowest BCUT2D eigenvalue weighted by molar-refractivity contribution is -0.387. The van der Waals surface area contributed by atoms with E-state index in [0.717, 1.165) is 18.2 Å². The fraction of sp³-hybridized carbons (Fsp3) is 0.111. The largest absolute Gasteiger partial charge is 0.437 e. The van der Waals surface area contributed by atoms with Gasteiger partial charge in [0.05, 0.1) is 10.6 Å². The fourth-order valence-electron chi connectivity index (χ4n) is 0.975. The van der Waals surface area contributed by atoms with Crippen molar-refractivity contribution in [1.29, 1.82) is 0 Å². The Bertz CT molecular complexity index is 517. The second-order valence-electron chi connectivity index (χ2n) is 3.02. The average Bonchev–Trinajstić information content (AvgIpc) is 2.28. The number of nitrogens with one attached hydrogen (secondary N) is 1. The Morgan fingerprint density at radius 1 is 1.61 bits per heavy atom. The highest BCUT2D eigenvalue weighted by molar-refractivity contribution is 6.64. The van der Waals surface area contributed by atoms with Gasteiger partial charge in [0.15, 0.2) is 0 Å². The highest BCUT2D eigenvalue weighted by Gasteiger charge is 2.15. The molecule has 1 aromatic carbocycles. The summed E-state index contributed by atoms with van der Waals surface area (Å²) in [4.78, 5) is 24.9. The third-order valence-corrected chi connectivity index (χ3v) is 1.71. The van der Waals surface area contributed by atoms with E-state index in [9.17, 15) is 19.3 Å². The van der Waals surface area contributed by atoms with Gasteiger partial charge in [0.1, 0.15) is 5.17 Å². The van der Waals surface area contributed by atoms with Crippen molar-refractivity contribution in [2.75, 3.05) is 5.32 Å². The zero-order valence-electron chi connectivity index (χ0n) is 9.02. The standard InChI is InChI=1S/C9H7ClFN3O4/c1-5(10)13-18-9(15)12-6-2-3-7(11)8(4-6)14(16)17/h2-4H,1H3,(H,12,15)/b13-5+. The molecule has 7 nitrogen and oxygen atoms in total. The van der Waals surface area contributed by atoms with Crippen molar-refractivity contribution >= 4 is 34.2 Å². The maximum atomic E-state index is 13.0. The van der Waals surface area contributed by atoms with Crippen LogP contribution >= 0.6 is 11.6 Å². The maximum absolute atomic E-state index is 13.0. The maximum Gasteiger partial charge on any atom is 0.437 e. The summed E-state index contributed by atoms with van der Waals surface area (Å²) in [6, 6.07) is 2.85. The van der Waals surface area contributed by atoms with E-state index >= 15 is 0 Å². The molecule has 18 heavy (non-hydrogen) atoms. The van der Waals surface area contributed by atoms with Crippen molar-refractivity contribution in [2.24, 2.45) is 5.16 Å². The first-order valence-corrected chi connectivity index (χ1v) is 4.90. The van der Waals surface area contributed by atoms with Gasteiger partial charge in [-0.1, -0.05) is 16.8 Å². The van der Waals surface area contributed by atoms with Gasteiger partial charge < -0.3 is 0 Å². The molecule has 1 aromatic rings. The minimum atomic E-state index is -1.01. The van der Waals surface area contributed by atoms with Crippen LogP contribution in [0.4, 0.5) is 20.6 Å². The van der Waals surface area contributed by atoms with Crippen LogP contribution in [0.15, 0.2) is 23.4 Å². The summed E-state index contributed by atoms with van der Waals surface area (Å²) in [5.41, 5.74) is -0.764. The van der Waals surface area contributed by atoms with E-state index in [1.165, 1.54) is 6.92 Å². The fourth-order valence-corrected chi connectivity index (χ4v) is 1.01. The Labute approximate surface area is 105 Å². The van der Waals surface area contributed by atoms with Gasteiger partial charge in [-0.2, -0.15) is 4.39 Å². The van der Waals surface area contributed by atoms with Crippen LogP contribution in [-0.2, 0) is 4.84 Å².